The van der Waals surface area contributed by atoms with Gasteiger partial charge in [0.2, 0.25) is 5.95 Å². The van der Waals surface area contributed by atoms with Crippen molar-refractivity contribution in [2.75, 3.05) is 31.6 Å². The molecule has 0 atom stereocenters. The number of carbonyl (C=O) groups excluding carboxylic acids is 1. The van der Waals surface area contributed by atoms with Gasteiger partial charge in [-0.2, -0.15) is 0 Å². The lowest BCUT2D eigenvalue weighted by molar-refractivity contribution is 0.0949. The number of amides is 1. The number of methoxy groups -OCH3 is 1. The van der Waals surface area contributed by atoms with Gasteiger partial charge in [-0.1, -0.05) is 18.2 Å². The first-order valence-electron chi connectivity index (χ1n) is 8.76. The van der Waals surface area contributed by atoms with E-state index < -0.39 is 0 Å². The standard InChI is InChI=1S/C19H24N4O2/c1-25-17-8-4-3-7-15(17)9-11-20-18(24)16-10-12-21-19(22-16)23-13-5-2-6-14-23/h3-4,7-8,10,12H,2,5-6,9,11,13-14H2,1H3,(H,20,24). The van der Waals surface area contributed by atoms with Crippen LogP contribution in [0, 0.1) is 0 Å². The molecule has 1 N–H and O–H groups in total. The number of aromatic nitrogens is 2. The van der Waals surface area contributed by atoms with Crippen LogP contribution in [0.5, 0.6) is 5.75 Å². The Balaban J connectivity index is 1.58. The number of piperidine rings is 1. The lowest BCUT2D eigenvalue weighted by Crippen LogP contribution is -2.32. The van der Waals surface area contributed by atoms with E-state index in [0.717, 1.165) is 37.2 Å². The lowest BCUT2D eigenvalue weighted by Gasteiger charge is -2.26. The van der Waals surface area contributed by atoms with Crippen LogP contribution in [0.25, 0.3) is 0 Å². The molecule has 2 heterocycles. The number of benzene rings is 1. The highest BCUT2D eigenvalue weighted by Crippen LogP contribution is 2.17. The van der Waals surface area contributed by atoms with Crippen LogP contribution in [-0.2, 0) is 6.42 Å². The van der Waals surface area contributed by atoms with E-state index >= 15 is 0 Å². The van der Waals surface area contributed by atoms with Crippen molar-refractivity contribution in [1.82, 2.24) is 15.3 Å². The van der Waals surface area contributed by atoms with E-state index in [0.29, 0.717) is 24.6 Å². The molecule has 1 fully saturated rings. The Kier molecular flexibility index (Phi) is 5.82. The molecule has 0 unspecified atom stereocenters. The van der Waals surface area contributed by atoms with Crippen molar-refractivity contribution in [1.29, 1.82) is 0 Å². The smallest absolute Gasteiger partial charge is 0.270 e. The van der Waals surface area contributed by atoms with E-state index in [9.17, 15) is 4.79 Å². The van der Waals surface area contributed by atoms with Crippen molar-refractivity contribution in [3.05, 3.63) is 47.8 Å². The molecule has 0 bridgehead atoms. The van der Waals surface area contributed by atoms with Gasteiger partial charge < -0.3 is 15.0 Å². The normalized spacial score (nSPS) is 14.2. The van der Waals surface area contributed by atoms with Gasteiger partial charge in [-0.15, -0.1) is 0 Å². The molecule has 1 aromatic heterocycles. The summed E-state index contributed by atoms with van der Waals surface area (Å²) in [6, 6.07) is 9.49. The molecule has 1 amide bonds. The van der Waals surface area contributed by atoms with Gasteiger partial charge in [-0.3, -0.25) is 4.79 Å². The highest BCUT2D eigenvalue weighted by molar-refractivity contribution is 5.92. The Hall–Kier alpha value is -2.63. The van der Waals surface area contributed by atoms with Crippen molar-refractivity contribution in [3.63, 3.8) is 0 Å². The Morgan fingerprint density at radius 3 is 2.80 bits per heavy atom. The molecule has 2 aromatic rings. The Morgan fingerprint density at radius 1 is 1.20 bits per heavy atom. The molecule has 1 saturated heterocycles. The average molecular weight is 340 g/mol. The number of ether oxygens (including phenoxy) is 1. The van der Waals surface area contributed by atoms with Gasteiger partial charge in [-0.25, -0.2) is 9.97 Å². The topological polar surface area (TPSA) is 67.3 Å². The molecular weight excluding hydrogens is 316 g/mol. The van der Waals surface area contributed by atoms with E-state index in [1.54, 1.807) is 19.4 Å². The number of hydrogen-bond acceptors (Lipinski definition) is 5. The van der Waals surface area contributed by atoms with Gasteiger partial charge in [0, 0.05) is 25.8 Å². The molecule has 0 spiro atoms. The summed E-state index contributed by atoms with van der Waals surface area (Å²) in [7, 11) is 1.65. The van der Waals surface area contributed by atoms with E-state index in [2.05, 4.69) is 20.2 Å². The minimum absolute atomic E-state index is 0.171. The summed E-state index contributed by atoms with van der Waals surface area (Å²) in [6.45, 7) is 2.44. The Morgan fingerprint density at radius 2 is 2.00 bits per heavy atom. The lowest BCUT2D eigenvalue weighted by atomic mass is 10.1. The van der Waals surface area contributed by atoms with Gasteiger partial charge in [-0.05, 0) is 43.4 Å². The Bertz CT molecular complexity index is 714. The van der Waals surface area contributed by atoms with Crippen LogP contribution >= 0.6 is 0 Å². The molecule has 1 aromatic carbocycles. The van der Waals surface area contributed by atoms with Crippen molar-refractivity contribution in [2.45, 2.75) is 25.7 Å². The third kappa shape index (κ3) is 4.47. The number of anilines is 1. The molecule has 132 valence electrons. The number of nitrogens with one attached hydrogen (secondary N) is 1. The van der Waals surface area contributed by atoms with Gasteiger partial charge >= 0.3 is 0 Å². The van der Waals surface area contributed by atoms with E-state index in [4.69, 9.17) is 4.74 Å². The van der Waals surface area contributed by atoms with Crippen molar-refractivity contribution in [3.8, 4) is 5.75 Å². The van der Waals surface area contributed by atoms with Gasteiger partial charge in [0.15, 0.2) is 0 Å². The highest BCUT2D eigenvalue weighted by atomic mass is 16.5. The molecule has 0 saturated carbocycles. The third-order valence-electron chi connectivity index (χ3n) is 4.39. The van der Waals surface area contributed by atoms with Crippen LogP contribution in [-0.4, -0.2) is 42.6 Å². The number of para-hydroxylation sites is 1. The maximum absolute atomic E-state index is 12.4. The van der Waals surface area contributed by atoms with Crippen LogP contribution in [0.1, 0.15) is 35.3 Å². The quantitative estimate of drug-likeness (QED) is 0.875. The predicted octanol–water partition coefficient (Wildman–Crippen LogP) is 2.45. The summed E-state index contributed by atoms with van der Waals surface area (Å²) in [5.74, 6) is 1.32. The SMILES string of the molecule is COc1ccccc1CCNC(=O)c1ccnc(N2CCCCC2)n1. The second-order valence-electron chi connectivity index (χ2n) is 6.11. The van der Waals surface area contributed by atoms with Gasteiger partial charge in [0.1, 0.15) is 11.4 Å². The highest BCUT2D eigenvalue weighted by Gasteiger charge is 2.15. The molecule has 6 nitrogen and oxygen atoms in total. The van der Waals surface area contributed by atoms with Crippen molar-refractivity contribution in [2.24, 2.45) is 0 Å². The predicted molar refractivity (Wildman–Crippen MR) is 97.1 cm³/mol. The van der Waals surface area contributed by atoms with Crippen LogP contribution < -0.4 is 15.0 Å². The van der Waals surface area contributed by atoms with E-state index in [1.807, 2.05) is 24.3 Å². The van der Waals surface area contributed by atoms with Gasteiger partial charge in [0.25, 0.3) is 5.91 Å². The van der Waals surface area contributed by atoms with Crippen molar-refractivity contribution < 1.29 is 9.53 Å². The second-order valence-corrected chi connectivity index (χ2v) is 6.11. The van der Waals surface area contributed by atoms with Crippen LogP contribution in [0.15, 0.2) is 36.5 Å². The summed E-state index contributed by atoms with van der Waals surface area (Å²) in [6.07, 6.45) is 5.92. The number of nitrogens with zero attached hydrogens (tertiary/aromatic N) is 3. The average Bonchev–Trinajstić information content (AvgIpc) is 2.69. The number of carbonyl (C=O) groups is 1. The van der Waals surface area contributed by atoms with Crippen LogP contribution in [0.4, 0.5) is 5.95 Å². The fraction of sp³-hybridized carbons (Fsp3) is 0.421. The van der Waals surface area contributed by atoms with E-state index in [1.165, 1.54) is 6.42 Å². The summed E-state index contributed by atoms with van der Waals surface area (Å²) in [5, 5.41) is 2.93. The zero-order valence-corrected chi connectivity index (χ0v) is 14.6. The molecule has 6 heteroatoms. The first-order chi connectivity index (χ1) is 12.3. The third-order valence-corrected chi connectivity index (χ3v) is 4.39. The van der Waals surface area contributed by atoms with Crippen LogP contribution in [0.3, 0.4) is 0 Å². The van der Waals surface area contributed by atoms with E-state index in [-0.39, 0.29) is 5.91 Å². The van der Waals surface area contributed by atoms with Gasteiger partial charge in [0.05, 0.1) is 7.11 Å². The summed E-state index contributed by atoms with van der Waals surface area (Å²) in [5.41, 5.74) is 1.48. The monoisotopic (exact) mass is 340 g/mol. The summed E-state index contributed by atoms with van der Waals surface area (Å²) in [4.78, 5) is 23.3. The maximum Gasteiger partial charge on any atom is 0.270 e. The molecule has 25 heavy (non-hydrogen) atoms. The number of hydrogen-bond donors (Lipinski definition) is 1. The maximum atomic E-state index is 12.4. The molecule has 1 aliphatic rings. The largest absolute Gasteiger partial charge is 0.496 e. The minimum atomic E-state index is -0.171. The first-order valence-corrected chi connectivity index (χ1v) is 8.76. The van der Waals surface area contributed by atoms with Crippen LogP contribution in [0.2, 0.25) is 0 Å². The molecule has 0 radical (unpaired) electrons. The zero-order valence-electron chi connectivity index (χ0n) is 14.6. The fourth-order valence-electron chi connectivity index (χ4n) is 3.03. The Labute approximate surface area is 148 Å². The first kappa shape index (κ1) is 17.2. The fourth-order valence-corrected chi connectivity index (χ4v) is 3.03. The molecular formula is C19H24N4O2. The molecule has 0 aliphatic carbocycles. The molecule has 3 rings (SSSR count). The second kappa shape index (κ2) is 8.46. The summed E-state index contributed by atoms with van der Waals surface area (Å²) < 4.78 is 5.33. The van der Waals surface area contributed by atoms with Crippen molar-refractivity contribution >= 4 is 11.9 Å². The zero-order chi connectivity index (χ0) is 17.5. The molecule has 1 aliphatic heterocycles. The summed E-state index contributed by atoms with van der Waals surface area (Å²) >= 11 is 0. The minimum Gasteiger partial charge on any atom is -0.496 e. The number of rotatable bonds is 6.